The van der Waals surface area contributed by atoms with Crippen molar-refractivity contribution in [2.24, 2.45) is 0 Å². The van der Waals surface area contributed by atoms with Crippen molar-refractivity contribution in [1.29, 1.82) is 0 Å². The van der Waals surface area contributed by atoms with E-state index in [1.54, 1.807) is 35.0 Å². The molecule has 1 N–H and O–H groups in total. The van der Waals surface area contributed by atoms with Crippen molar-refractivity contribution in [3.63, 3.8) is 0 Å². The first-order chi connectivity index (χ1) is 18.0. The lowest BCUT2D eigenvalue weighted by molar-refractivity contribution is 0.0591. The van der Waals surface area contributed by atoms with Gasteiger partial charge < -0.3 is 9.84 Å². The molecular weight excluding hydrogens is 491 g/mol. The van der Waals surface area contributed by atoms with Crippen LogP contribution in [-0.4, -0.2) is 33.4 Å². The number of carbonyl (C=O) groups excluding carboxylic acids is 1. The summed E-state index contributed by atoms with van der Waals surface area (Å²) in [6.45, 7) is 0.145. The second-order valence-corrected chi connectivity index (χ2v) is 9.51. The van der Waals surface area contributed by atoms with Crippen LogP contribution in [0.2, 0.25) is 5.02 Å². The van der Waals surface area contributed by atoms with Gasteiger partial charge in [-0.25, -0.2) is 9.07 Å². The van der Waals surface area contributed by atoms with Crippen LogP contribution in [0.25, 0.3) is 27.8 Å². The molecule has 0 spiro atoms. The van der Waals surface area contributed by atoms with Gasteiger partial charge in [-0.3, -0.25) is 4.79 Å². The average Bonchev–Trinajstić information content (AvgIpc) is 3.29. The molecule has 4 aromatic carbocycles. The molecule has 0 unspecified atom stereocenters. The molecule has 0 aliphatic carbocycles. The fraction of sp³-hybridized carbons (Fsp3) is 0.133. The number of ketones is 1. The van der Waals surface area contributed by atoms with Crippen molar-refractivity contribution in [1.82, 2.24) is 9.78 Å². The molecule has 2 atom stereocenters. The number of Topliss-reactive ketones (excluding diaryl/α,β-unsaturated/α-hetero) is 1. The van der Waals surface area contributed by atoms with Crippen LogP contribution in [0.3, 0.4) is 0 Å². The van der Waals surface area contributed by atoms with E-state index in [0.29, 0.717) is 33.2 Å². The third kappa shape index (κ3) is 4.28. The van der Waals surface area contributed by atoms with Crippen LogP contribution >= 0.6 is 11.6 Å². The number of hydrogen-bond acceptors (Lipinski definition) is 4. The number of ether oxygens (including phenoxy) is 1. The van der Waals surface area contributed by atoms with Crippen LogP contribution in [0.1, 0.15) is 28.3 Å². The first-order valence-electron chi connectivity index (χ1n) is 12.0. The molecule has 1 aliphatic rings. The van der Waals surface area contributed by atoms with Gasteiger partial charge >= 0.3 is 0 Å². The molecule has 2 heterocycles. The largest absolute Gasteiger partial charge is 0.491 e. The fourth-order valence-electron chi connectivity index (χ4n) is 4.90. The number of fused-ring (bicyclic) bond motifs is 2. The number of para-hydroxylation sites is 1. The van der Waals surface area contributed by atoms with Crippen molar-refractivity contribution in [2.45, 2.75) is 18.4 Å². The number of carbonyl (C=O) groups is 1. The third-order valence-corrected chi connectivity index (χ3v) is 7.13. The number of aliphatic hydroxyl groups excluding tert-OH is 1. The average molecular weight is 513 g/mol. The quantitative estimate of drug-likeness (QED) is 0.270. The van der Waals surface area contributed by atoms with Crippen LogP contribution < -0.4 is 4.74 Å². The number of benzene rings is 4. The Bertz CT molecular complexity index is 1630. The first-order valence-corrected chi connectivity index (χ1v) is 12.3. The summed E-state index contributed by atoms with van der Waals surface area (Å²) in [4.78, 5) is 13.5. The lowest BCUT2D eigenvalue weighted by Crippen LogP contribution is -2.32. The number of halogens is 2. The molecule has 6 rings (SSSR count). The minimum atomic E-state index is -0.779. The molecule has 0 saturated carbocycles. The molecule has 0 saturated heterocycles. The minimum Gasteiger partial charge on any atom is -0.491 e. The highest BCUT2D eigenvalue weighted by atomic mass is 35.5. The number of hydrogen-bond donors (Lipinski definition) is 1. The maximum atomic E-state index is 13.6. The Kier molecular flexibility index (Phi) is 5.99. The van der Waals surface area contributed by atoms with Gasteiger partial charge in [-0.2, -0.15) is 5.10 Å². The van der Waals surface area contributed by atoms with Crippen molar-refractivity contribution in [2.75, 3.05) is 6.61 Å². The molecule has 0 bridgehead atoms. The summed E-state index contributed by atoms with van der Waals surface area (Å²) in [5.74, 6) is -0.125. The Morgan fingerprint density at radius 1 is 1.03 bits per heavy atom. The highest BCUT2D eigenvalue weighted by Crippen LogP contribution is 2.38. The van der Waals surface area contributed by atoms with Gasteiger partial charge in [0.05, 0.1) is 22.3 Å². The SMILES string of the molecule is O=C(C[C@H]1c2ccccc2OC[C@H]1O)c1ccc2c(-c3ccccc3Cl)nn(-c3ccc(F)cc3)c2c1. The van der Waals surface area contributed by atoms with Crippen LogP contribution in [0.5, 0.6) is 5.75 Å². The molecule has 184 valence electrons. The lowest BCUT2D eigenvalue weighted by Gasteiger charge is -2.30. The van der Waals surface area contributed by atoms with Gasteiger partial charge in [0.2, 0.25) is 0 Å². The van der Waals surface area contributed by atoms with Crippen molar-refractivity contribution >= 4 is 28.3 Å². The summed E-state index contributed by atoms with van der Waals surface area (Å²) in [7, 11) is 0. The van der Waals surface area contributed by atoms with Gasteiger partial charge in [0.1, 0.15) is 23.9 Å². The zero-order valence-corrected chi connectivity index (χ0v) is 20.4. The molecule has 0 amide bonds. The van der Waals surface area contributed by atoms with E-state index in [4.69, 9.17) is 21.4 Å². The smallest absolute Gasteiger partial charge is 0.163 e. The predicted molar refractivity (Wildman–Crippen MR) is 141 cm³/mol. The molecular formula is C30H22ClFN2O3. The lowest BCUT2D eigenvalue weighted by atomic mass is 9.85. The zero-order chi connectivity index (χ0) is 25.5. The van der Waals surface area contributed by atoms with E-state index in [2.05, 4.69) is 0 Å². The number of rotatable bonds is 5. The molecule has 37 heavy (non-hydrogen) atoms. The Morgan fingerprint density at radius 2 is 1.78 bits per heavy atom. The van der Waals surface area contributed by atoms with Crippen LogP contribution in [0.4, 0.5) is 4.39 Å². The summed E-state index contributed by atoms with van der Waals surface area (Å²) in [6, 6.07) is 26.4. The molecule has 0 fully saturated rings. The van der Waals surface area contributed by atoms with Crippen LogP contribution in [0, 0.1) is 5.82 Å². The Balaban J connectivity index is 1.44. The van der Waals surface area contributed by atoms with Crippen molar-refractivity contribution < 1.29 is 19.0 Å². The van der Waals surface area contributed by atoms with Gasteiger partial charge in [0.15, 0.2) is 5.78 Å². The van der Waals surface area contributed by atoms with Gasteiger partial charge in [0, 0.05) is 34.4 Å². The minimum absolute atomic E-state index is 0.103. The molecule has 1 aliphatic heterocycles. The summed E-state index contributed by atoms with van der Waals surface area (Å²) in [5, 5.41) is 16.8. The predicted octanol–water partition coefficient (Wildman–Crippen LogP) is 6.59. The van der Waals surface area contributed by atoms with E-state index in [-0.39, 0.29) is 30.5 Å². The van der Waals surface area contributed by atoms with Crippen molar-refractivity contribution in [3.8, 4) is 22.7 Å². The summed E-state index contributed by atoms with van der Waals surface area (Å²) < 4.78 is 21.0. The van der Waals surface area contributed by atoms with Crippen LogP contribution in [0.15, 0.2) is 91.0 Å². The topological polar surface area (TPSA) is 64.3 Å². The first kappa shape index (κ1) is 23.4. The molecule has 5 nitrogen and oxygen atoms in total. The van der Waals surface area contributed by atoms with E-state index in [9.17, 15) is 14.3 Å². The Labute approximate surface area is 217 Å². The highest BCUT2D eigenvalue weighted by molar-refractivity contribution is 6.33. The molecule has 0 radical (unpaired) electrons. The van der Waals surface area contributed by atoms with Gasteiger partial charge in [-0.15, -0.1) is 0 Å². The maximum absolute atomic E-state index is 13.6. The Hall–Kier alpha value is -4.00. The number of aliphatic hydroxyl groups is 1. The van der Waals surface area contributed by atoms with Crippen molar-refractivity contribution in [3.05, 3.63) is 113 Å². The van der Waals surface area contributed by atoms with E-state index >= 15 is 0 Å². The summed E-state index contributed by atoms with van der Waals surface area (Å²) >= 11 is 6.49. The molecule has 5 aromatic rings. The third-order valence-electron chi connectivity index (χ3n) is 6.80. The second kappa shape index (κ2) is 9.47. The van der Waals surface area contributed by atoms with Gasteiger partial charge in [-0.05, 0) is 48.5 Å². The highest BCUT2D eigenvalue weighted by Gasteiger charge is 2.31. The van der Waals surface area contributed by atoms with E-state index in [1.807, 2.05) is 48.5 Å². The molecule has 7 heteroatoms. The van der Waals surface area contributed by atoms with Gasteiger partial charge in [-0.1, -0.05) is 54.1 Å². The number of aromatic nitrogens is 2. The summed E-state index contributed by atoms with van der Waals surface area (Å²) in [5.41, 5.74) is 4.10. The standard InChI is InChI=1S/C30H22ClFN2O3/c31-25-7-3-1-6-22(25)30-23-14-9-18(15-26(23)34(33-30)20-12-10-19(32)11-13-20)27(35)16-24-21-5-2-4-8-29(21)37-17-28(24)36/h1-15,24,28,36H,16-17H2/t24-,28+/m0/s1. The summed E-state index contributed by atoms with van der Waals surface area (Å²) in [6.07, 6.45) is -0.645. The van der Waals surface area contributed by atoms with E-state index in [0.717, 1.165) is 16.5 Å². The maximum Gasteiger partial charge on any atom is 0.163 e. The number of nitrogens with zero attached hydrogens (tertiary/aromatic N) is 2. The van der Waals surface area contributed by atoms with E-state index in [1.165, 1.54) is 12.1 Å². The normalized spacial score (nSPS) is 16.8. The fourth-order valence-corrected chi connectivity index (χ4v) is 5.13. The monoisotopic (exact) mass is 512 g/mol. The van der Waals surface area contributed by atoms with Gasteiger partial charge in [0.25, 0.3) is 0 Å². The Morgan fingerprint density at radius 3 is 2.59 bits per heavy atom. The zero-order valence-electron chi connectivity index (χ0n) is 19.6. The second-order valence-electron chi connectivity index (χ2n) is 9.10. The van der Waals surface area contributed by atoms with E-state index < -0.39 is 6.10 Å². The molecule has 1 aromatic heterocycles. The van der Waals surface area contributed by atoms with Crippen LogP contribution in [-0.2, 0) is 0 Å².